The number of piperazine rings is 1. The molecule has 1 atom stereocenters. The number of amides is 2. The summed E-state index contributed by atoms with van der Waals surface area (Å²) < 4.78 is 11.5. The van der Waals surface area contributed by atoms with Crippen molar-refractivity contribution >= 4 is 17.6 Å². The van der Waals surface area contributed by atoms with Gasteiger partial charge < -0.3 is 24.3 Å². The molecule has 0 radical (unpaired) electrons. The van der Waals surface area contributed by atoms with Crippen LogP contribution in [0.25, 0.3) is 0 Å². The van der Waals surface area contributed by atoms with Gasteiger partial charge in [-0.05, 0) is 36.5 Å². The normalized spacial score (nSPS) is 21.5. The van der Waals surface area contributed by atoms with Crippen molar-refractivity contribution in [2.24, 2.45) is 5.41 Å². The fraction of sp³-hybridized carbons (Fsp3) is 0.480. The summed E-state index contributed by atoms with van der Waals surface area (Å²) in [5, 5.41) is 0. The number of aromatic nitrogens is 1. The third-order valence-corrected chi connectivity index (χ3v) is 6.78. The minimum atomic E-state index is -0.686. The molecule has 33 heavy (non-hydrogen) atoms. The molecule has 2 aromatic rings. The van der Waals surface area contributed by atoms with E-state index >= 15 is 0 Å². The van der Waals surface area contributed by atoms with Gasteiger partial charge in [0, 0.05) is 43.9 Å². The van der Waals surface area contributed by atoms with Crippen molar-refractivity contribution in [1.82, 2.24) is 14.8 Å². The summed E-state index contributed by atoms with van der Waals surface area (Å²) in [6.07, 6.45) is 0.551. The van der Waals surface area contributed by atoms with E-state index in [4.69, 9.17) is 9.47 Å². The second kappa shape index (κ2) is 7.93. The van der Waals surface area contributed by atoms with Crippen LogP contribution < -0.4 is 9.47 Å². The van der Waals surface area contributed by atoms with Crippen molar-refractivity contribution < 1.29 is 23.9 Å². The van der Waals surface area contributed by atoms with Crippen LogP contribution in [0.15, 0.2) is 24.3 Å². The highest BCUT2D eigenvalue weighted by Crippen LogP contribution is 2.37. The first-order valence-electron chi connectivity index (χ1n) is 11.4. The number of H-pyrrole nitrogens is 1. The molecule has 3 aliphatic rings. The fourth-order valence-electron chi connectivity index (χ4n) is 5.08. The van der Waals surface area contributed by atoms with Crippen molar-refractivity contribution in [3.8, 4) is 11.5 Å². The average Bonchev–Trinajstić information content (AvgIpc) is 3.13. The largest absolute Gasteiger partial charge is 0.485 e. The molecule has 8 nitrogen and oxygen atoms in total. The van der Waals surface area contributed by atoms with Gasteiger partial charge in [-0.1, -0.05) is 26.0 Å². The van der Waals surface area contributed by atoms with Crippen molar-refractivity contribution in [3.63, 3.8) is 0 Å². The van der Waals surface area contributed by atoms with Crippen LogP contribution in [0, 0.1) is 12.3 Å². The van der Waals surface area contributed by atoms with Crippen LogP contribution in [-0.2, 0) is 11.2 Å². The Balaban J connectivity index is 1.24. The number of ketones is 1. The van der Waals surface area contributed by atoms with Crippen LogP contribution in [0.5, 0.6) is 11.5 Å². The summed E-state index contributed by atoms with van der Waals surface area (Å²) in [6.45, 7) is 7.87. The van der Waals surface area contributed by atoms with Crippen LogP contribution in [0.4, 0.5) is 0 Å². The molecule has 3 heterocycles. The van der Waals surface area contributed by atoms with E-state index in [1.807, 2.05) is 25.1 Å². The summed E-state index contributed by atoms with van der Waals surface area (Å²) in [7, 11) is 0. The van der Waals surface area contributed by atoms with Gasteiger partial charge in [-0.3, -0.25) is 14.4 Å². The Bertz CT molecular complexity index is 1130. The molecule has 1 N–H and O–H groups in total. The number of ether oxygens (including phenoxy) is 2. The molecule has 8 heteroatoms. The van der Waals surface area contributed by atoms with E-state index in [-0.39, 0.29) is 29.6 Å². The third-order valence-electron chi connectivity index (χ3n) is 6.78. The summed E-state index contributed by atoms with van der Waals surface area (Å²) in [4.78, 5) is 45.6. The number of para-hydroxylation sites is 2. The Morgan fingerprint density at radius 2 is 1.70 bits per heavy atom. The van der Waals surface area contributed by atoms with Gasteiger partial charge in [-0.25, -0.2) is 0 Å². The lowest BCUT2D eigenvalue weighted by Gasteiger charge is -2.37. The number of nitrogens with one attached hydrogen (secondary N) is 1. The fourth-order valence-corrected chi connectivity index (χ4v) is 5.08. The van der Waals surface area contributed by atoms with E-state index < -0.39 is 6.10 Å². The molecular formula is C25H29N3O5. The Morgan fingerprint density at radius 1 is 1.03 bits per heavy atom. The zero-order valence-corrected chi connectivity index (χ0v) is 19.3. The van der Waals surface area contributed by atoms with Gasteiger partial charge >= 0.3 is 0 Å². The van der Waals surface area contributed by atoms with Crippen LogP contribution in [0.1, 0.15) is 52.4 Å². The predicted molar refractivity (Wildman–Crippen MR) is 121 cm³/mol. The highest BCUT2D eigenvalue weighted by Gasteiger charge is 2.37. The van der Waals surface area contributed by atoms with Crippen molar-refractivity contribution in [2.45, 2.75) is 39.7 Å². The monoisotopic (exact) mass is 451 g/mol. The second-order valence-corrected chi connectivity index (χ2v) is 9.90. The lowest BCUT2D eigenvalue weighted by atomic mass is 9.75. The number of hydrogen-bond acceptors (Lipinski definition) is 5. The van der Waals surface area contributed by atoms with Crippen LogP contribution in [-0.4, -0.2) is 71.3 Å². The molecule has 1 aromatic heterocycles. The molecule has 1 aromatic carbocycles. The first kappa shape index (κ1) is 21.6. The predicted octanol–water partition coefficient (Wildman–Crippen LogP) is 2.60. The smallest absolute Gasteiger partial charge is 0.270 e. The van der Waals surface area contributed by atoms with Gasteiger partial charge in [0.2, 0.25) is 6.10 Å². The maximum atomic E-state index is 13.3. The first-order chi connectivity index (χ1) is 15.7. The van der Waals surface area contributed by atoms with Gasteiger partial charge in [-0.15, -0.1) is 0 Å². The van der Waals surface area contributed by atoms with E-state index in [1.165, 1.54) is 0 Å². The molecule has 0 saturated carbocycles. The van der Waals surface area contributed by atoms with E-state index in [2.05, 4.69) is 18.8 Å². The lowest BCUT2D eigenvalue weighted by Crippen LogP contribution is -2.55. The van der Waals surface area contributed by atoms with Gasteiger partial charge in [0.15, 0.2) is 17.3 Å². The molecule has 1 saturated heterocycles. The topological polar surface area (TPSA) is 91.9 Å². The first-order valence-corrected chi connectivity index (χ1v) is 11.4. The highest BCUT2D eigenvalue weighted by atomic mass is 16.6. The number of Topliss-reactive ketones (excluding diaryl/α,β-unsaturated/α-hetero) is 1. The maximum absolute atomic E-state index is 13.3. The number of nitrogens with zero attached hydrogens (tertiary/aromatic N) is 2. The average molecular weight is 452 g/mol. The van der Waals surface area contributed by atoms with Crippen molar-refractivity contribution in [1.29, 1.82) is 0 Å². The molecule has 1 aliphatic carbocycles. The minimum Gasteiger partial charge on any atom is -0.485 e. The standard InChI is InChI=1S/C25H29N3O5/c1-15-21-16(12-25(2,3)13-17(21)29)26-22(15)24(31)28-10-8-27(9-11-28)23(30)20-14-32-18-6-4-5-7-19(18)33-20/h4-7,20,26H,8-14H2,1-3H3. The van der Waals surface area contributed by atoms with E-state index in [1.54, 1.807) is 15.9 Å². The quantitative estimate of drug-likeness (QED) is 0.758. The highest BCUT2D eigenvalue weighted by molar-refractivity contribution is 6.04. The molecule has 0 bridgehead atoms. The van der Waals surface area contributed by atoms with E-state index in [9.17, 15) is 14.4 Å². The lowest BCUT2D eigenvalue weighted by molar-refractivity contribution is -0.142. The van der Waals surface area contributed by atoms with E-state index in [0.717, 1.165) is 17.7 Å². The molecule has 5 rings (SSSR count). The molecule has 2 aliphatic heterocycles. The number of fused-ring (bicyclic) bond motifs is 2. The van der Waals surface area contributed by atoms with Crippen molar-refractivity contribution in [3.05, 3.63) is 46.8 Å². The Hall–Kier alpha value is -3.29. The SMILES string of the molecule is Cc1c(C(=O)N2CCN(C(=O)C3COc4ccccc4O3)CC2)[nH]c2c1C(=O)CC(C)(C)C2. The van der Waals surface area contributed by atoms with Crippen LogP contribution in [0.3, 0.4) is 0 Å². The number of aromatic amines is 1. The molecule has 0 spiro atoms. The van der Waals surface area contributed by atoms with Gasteiger partial charge in [0.1, 0.15) is 12.3 Å². The van der Waals surface area contributed by atoms with Gasteiger partial charge in [-0.2, -0.15) is 0 Å². The Labute approximate surface area is 192 Å². The summed E-state index contributed by atoms with van der Waals surface area (Å²) in [5.74, 6) is 1.06. The molecule has 2 amide bonds. The number of carbonyl (C=O) groups is 3. The number of hydrogen-bond donors (Lipinski definition) is 1. The van der Waals surface area contributed by atoms with Crippen LogP contribution in [0.2, 0.25) is 0 Å². The zero-order valence-electron chi connectivity index (χ0n) is 19.3. The van der Waals surface area contributed by atoms with Gasteiger partial charge in [0.05, 0.1) is 0 Å². The third kappa shape index (κ3) is 3.87. The van der Waals surface area contributed by atoms with Gasteiger partial charge in [0.25, 0.3) is 11.8 Å². The number of benzene rings is 1. The molecule has 1 unspecified atom stereocenters. The summed E-state index contributed by atoms with van der Waals surface area (Å²) in [5.41, 5.74) is 2.66. The summed E-state index contributed by atoms with van der Waals surface area (Å²) in [6, 6.07) is 7.30. The zero-order chi connectivity index (χ0) is 23.3. The Morgan fingerprint density at radius 3 is 2.42 bits per heavy atom. The van der Waals surface area contributed by atoms with E-state index in [0.29, 0.717) is 55.4 Å². The van der Waals surface area contributed by atoms with Crippen LogP contribution >= 0.6 is 0 Å². The Kier molecular flexibility index (Phi) is 5.18. The molecule has 174 valence electrons. The maximum Gasteiger partial charge on any atom is 0.270 e. The summed E-state index contributed by atoms with van der Waals surface area (Å²) >= 11 is 0. The molecular weight excluding hydrogens is 422 g/mol. The second-order valence-electron chi connectivity index (χ2n) is 9.90. The van der Waals surface area contributed by atoms with Crippen molar-refractivity contribution in [2.75, 3.05) is 32.8 Å². The minimum absolute atomic E-state index is 0.0979. The number of rotatable bonds is 2. The molecule has 1 fully saturated rings. The number of carbonyl (C=O) groups excluding carboxylic acids is 3.